The number of allylic oxidation sites excluding steroid dienone is 2. The Kier molecular flexibility index (Phi) is 23.7. The molecular weight excluding hydrogens is 1370 g/mol. The molecule has 0 saturated heterocycles. The first-order valence-electron chi connectivity index (χ1n) is 38.3. The Labute approximate surface area is 625 Å². The third-order valence-electron chi connectivity index (χ3n) is 23.8. The van der Waals surface area contributed by atoms with Crippen molar-refractivity contribution in [3.63, 3.8) is 0 Å². The summed E-state index contributed by atoms with van der Waals surface area (Å²) >= 11 is -2.06. The van der Waals surface area contributed by atoms with E-state index in [0.717, 1.165) is 0 Å². The molecule has 10 aromatic rings. The molecule has 12 rings (SSSR count). The molecule has 0 aromatic heterocycles. The number of rotatable bonds is 28. The van der Waals surface area contributed by atoms with Crippen molar-refractivity contribution in [3.05, 3.63) is 357 Å². The fourth-order valence-electron chi connectivity index (χ4n) is 19.6. The fourth-order valence-corrected chi connectivity index (χ4v) is 54.6. The number of nitrogens with zero attached hydrogens (tertiary/aromatic N) is 2. The van der Waals surface area contributed by atoms with Gasteiger partial charge in [0.25, 0.3) is 0 Å². The first-order chi connectivity index (χ1) is 48.8. The van der Waals surface area contributed by atoms with Crippen LogP contribution < -0.4 is 7.05 Å². The van der Waals surface area contributed by atoms with Gasteiger partial charge in [-0.25, -0.2) is 0 Å². The van der Waals surface area contributed by atoms with Crippen molar-refractivity contribution in [1.29, 1.82) is 0 Å². The van der Waals surface area contributed by atoms with E-state index in [1.165, 1.54) is 84.3 Å². The SMILES string of the molecule is CC(C)c1cc(C(c2ccccc2)c2ccccc2)c([N]([Ge][CH]2C3C=CC(C3)[CH]2[Ge][N](c2c(C(c3ccccc3)c3ccccc3)cc(C(C)C)cc2C(c2ccccc2)c2ccccc2)[Si](C(C)C)(C(C)C)C(C)C)[Si](C(C)C)(C(C)C)C(C)C)c(C(c2ccccc2)c2ccccc2)c1. The van der Waals surface area contributed by atoms with E-state index in [4.69, 9.17) is 0 Å². The quantitative estimate of drug-likeness (QED) is 0.0274. The van der Waals surface area contributed by atoms with E-state index in [1.54, 1.807) is 11.4 Å². The van der Waals surface area contributed by atoms with Crippen molar-refractivity contribution in [3.8, 4) is 0 Å². The average Bonchev–Trinajstić information content (AvgIpc) is 1.60. The van der Waals surface area contributed by atoms with Crippen LogP contribution in [0.4, 0.5) is 11.4 Å². The van der Waals surface area contributed by atoms with Crippen LogP contribution in [0.1, 0.15) is 231 Å². The Morgan fingerprint density at radius 2 is 0.436 bits per heavy atom. The minimum atomic E-state index is -2.66. The van der Waals surface area contributed by atoms with E-state index in [2.05, 4.69) is 397 Å². The Morgan fingerprint density at radius 3 is 0.594 bits per heavy atom. The molecule has 0 spiro atoms. The predicted octanol–water partition coefficient (Wildman–Crippen LogP) is 26.3. The Balaban J connectivity index is 1.21. The molecular formula is C95H112Ge2N2Si2. The van der Waals surface area contributed by atoms with Crippen LogP contribution in [0.2, 0.25) is 42.7 Å². The average molecular weight is 1480 g/mol. The first-order valence-corrected chi connectivity index (χ1v) is 47.0. The molecule has 4 unspecified atom stereocenters. The molecule has 518 valence electrons. The van der Waals surface area contributed by atoms with Crippen molar-refractivity contribution in [1.82, 2.24) is 0 Å². The number of anilines is 2. The third-order valence-corrected chi connectivity index (χ3v) is 51.2. The molecule has 4 radical (unpaired) electrons. The van der Waals surface area contributed by atoms with Gasteiger partial charge in [-0.05, 0) is 0 Å². The maximum atomic E-state index is 3.48. The monoisotopic (exact) mass is 1480 g/mol. The van der Waals surface area contributed by atoms with E-state index in [9.17, 15) is 0 Å². The summed E-state index contributed by atoms with van der Waals surface area (Å²) < 4.78 is 8.02. The van der Waals surface area contributed by atoms with E-state index in [1.807, 2.05) is 0 Å². The summed E-state index contributed by atoms with van der Waals surface area (Å²) in [5.74, 6) is 1.59. The van der Waals surface area contributed by atoms with Crippen LogP contribution >= 0.6 is 0 Å². The van der Waals surface area contributed by atoms with Crippen molar-refractivity contribution < 1.29 is 0 Å². The Hall–Kier alpha value is -6.94. The van der Waals surface area contributed by atoms with Gasteiger partial charge in [0.2, 0.25) is 0 Å². The maximum absolute atomic E-state index is 3.48. The van der Waals surface area contributed by atoms with Crippen LogP contribution in [0.5, 0.6) is 0 Å². The van der Waals surface area contributed by atoms with Crippen LogP contribution in [0.3, 0.4) is 0 Å². The van der Waals surface area contributed by atoms with E-state index in [-0.39, 0.29) is 23.7 Å². The summed E-state index contributed by atoms with van der Waals surface area (Å²) in [5.41, 5.74) is 25.5. The van der Waals surface area contributed by atoms with Gasteiger partial charge in [0.15, 0.2) is 0 Å². The van der Waals surface area contributed by atoms with Crippen LogP contribution in [0.15, 0.2) is 279 Å². The molecule has 0 aliphatic heterocycles. The second kappa shape index (κ2) is 32.4. The van der Waals surface area contributed by atoms with Gasteiger partial charge in [0.1, 0.15) is 0 Å². The van der Waals surface area contributed by atoms with Crippen LogP contribution in [0, 0.1) is 11.8 Å². The van der Waals surface area contributed by atoms with Gasteiger partial charge >= 0.3 is 630 Å². The van der Waals surface area contributed by atoms with Crippen LogP contribution in [-0.4, -0.2) is 47.8 Å². The second-order valence-corrected chi connectivity index (χ2v) is 51.1. The second-order valence-electron chi connectivity index (χ2n) is 32.1. The van der Waals surface area contributed by atoms with E-state index >= 15 is 0 Å². The van der Waals surface area contributed by atoms with Crippen molar-refractivity contribution in [2.75, 3.05) is 7.05 Å². The normalized spacial score (nSPS) is 16.4. The van der Waals surface area contributed by atoms with Gasteiger partial charge in [0, 0.05) is 0 Å². The number of benzene rings is 10. The molecule has 10 aromatic carbocycles. The molecule has 0 heterocycles. The molecule has 0 amide bonds. The molecule has 1 fully saturated rings. The Morgan fingerprint density at radius 1 is 0.257 bits per heavy atom. The van der Waals surface area contributed by atoms with Crippen molar-refractivity contribution >= 4 is 59.2 Å². The van der Waals surface area contributed by atoms with E-state index < -0.39 is 47.8 Å². The summed E-state index contributed by atoms with van der Waals surface area (Å²) in [5, 5.41) is 0. The van der Waals surface area contributed by atoms with Crippen molar-refractivity contribution in [2.24, 2.45) is 11.8 Å². The molecule has 1 saturated carbocycles. The van der Waals surface area contributed by atoms with Gasteiger partial charge in [0.05, 0.1) is 0 Å². The van der Waals surface area contributed by atoms with Gasteiger partial charge in [-0.15, -0.1) is 0 Å². The minimum absolute atomic E-state index is 0.00581. The zero-order chi connectivity index (χ0) is 71.3. The molecule has 6 heteroatoms. The number of fused-ring (bicyclic) bond motifs is 2. The van der Waals surface area contributed by atoms with E-state index in [0.29, 0.717) is 66.4 Å². The van der Waals surface area contributed by atoms with Gasteiger partial charge in [-0.3, -0.25) is 0 Å². The van der Waals surface area contributed by atoms with Gasteiger partial charge in [-0.1, -0.05) is 0 Å². The zero-order valence-electron chi connectivity index (χ0n) is 63.4. The molecule has 2 aliphatic rings. The third kappa shape index (κ3) is 14.6. The molecule has 2 bridgehead atoms. The summed E-state index contributed by atoms with van der Waals surface area (Å²) in [6, 6.07) is 105. The zero-order valence-corrected chi connectivity index (χ0v) is 69.6. The summed E-state index contributed by atoms with van der Waals surface area (Å²) in [4.78, 5) is 0. The molecule has 4 atom stereocenters. The first kappa shape index (κ1) is 73.8. The number of hydrogen-bond acceptors (Lipinski definition) is 2. The van der Waals surface area contributed by atoms with Crippen molar-refractivity contribution in [2.45, 2.75) is 195 Å². The standard InChI is InChI=1S/C95H112Ge2N2Si2/c1-64(2)82-60-84(88(72-41-25-17-26-42-72)73-43-27-18-28-44-73)94(85(61-82)89(74-45-29-19-30-46-74)75-47-31-20-32-48-75)98(100(66(5)6,67(7)8)68(9)10)96-92-80-57-58-81(59-80)93(92)97-99(101(69(11)12,70(13)14)71(15)16)95-86(90(76-49-33-21-34-50-76)77-51-35-22-36-52-77)62-83(65(3)4)63-87(95)91(78-53-37-23-38-54-78)79-55-39-24-40-56-79/h17-58,60-71,80-81,88-93H,59H2,1-16H3. The topological polar surface area (TPSA) is 6.48 Å². The number of hydrogen-bond donors (Lipinski definition) is 0. The molecule has 101 heavy (non-hydrogen) atoms. The molecule has 0 N–H and O–H groups in total. The molecule has 2 aliphatic carbocycles. The predicted molar refractivity (Wildman–Crippen MR) is 443 cm³/mol. The summed E-state index contributed by atoms with van der Waals surface area (Å²) in [7, 11) is -5.32. The van der Waals surface area contributed by atoms with Gasteiger partial charge in [-0.2, -0.15) is 0 Å². The Bertz CT molecular complexity index is 3610. The van der Waals surface area contributed by atoms with Crippen LogP contribution in [-0.2, 0) is 0 Å². The summed E-state index contributed by atoms with van der Waals surface area (Å²) in [6.45, 7) is 41.8. The molecule has 2 nitrogen and oxygen atoms in total. The fraction of sp³-hybridized carbons (Fsp3) is 0.347. The summed E-state index contributed by atoms with van der Waals surface area (Å²) in [6.07, 6.45) is 6.80. The van der Waals surface area contributed by atoms with Crippen LogP contribution in [0.25, 0.3) is 0 Å². The van der Waals surface area contributed by atoms with Gasteiger partial charge < -0.3 is 0 Å².